The monoisotopic (exact) mass is 354 g/mol. The van der Waals surface area contributed by atoms with Crippen LogP contribution in [0.2, 0.25) is 0 Å². The van der Waals surface area contributed by atoms with Gasteiger partial charge in [-0.05, 0) is 34.1 Å². The molecule has 5 nitrogen and oxygen atoms in total. The molecule has 0 spiro atoms. The number of nitrogens with zero attached hydrogens (tertiary/aromatic N) is 4. The van der Waals surface area contributed by atoms with E-state index in [1.165, 1.54) is 18.2 Å². The molecule has 0 radical (unpaired) electrons. The summed E-state index contributed by atoms with van der Waals surface area (Å²) in [6.45, 7) is 3.99. The lowest BCUT2D eigenvalue weighted by atomic mass is 10.2. The summed E-state index contributed by atoms with van der Waals surface area (Å²) in [6.07, 6.45) is 0. The van der Waals surface area contributed by atoms with E-state index < -0.39 is 0 Å². The number of halogens is 2. The molecule has 112 valence electrons. The van der Waals surface area contributed by atoms with Crippen molar-refractivity contribution in [2.45, 2.75) is 19.8 Å². The van der Waals surface area contributed by atoms with Gasteiger partial charge in [0.25, 0.3) is 0 Å². The van der Waals surface area contributed by atoms with Crippen molar-refractivity contribution in [3.63, 3.8) is 0 Å². The summed E-state index contributed by atoms with van der Waals surface area (Å²) in [5.41, 5.74) is 0. The number of hydrogen-bond acceptors (Lipinski definition) is 5. The highest BCUT2D eigenvalue weighted by Crippen LogP contribution is 2.26. The van der Waals surface area contributed by atoms with E-state index in [9.17, 15) is 4.39 Å². The van der Waals surface area contributed by atoms with E-state index >= 15 is 0 Å². The predicted molar refractivity (Wildman–Crippen MR) is 82.4 cm³/mol. The minimum atomic E-state index is -0.352. The van der Waals surface area contributed by atoms with Gasteiger partial charge in [0.15, 0.2) is 0 Å². The Morgan fingerprint density at radius 3 is 2.48 bits per heavy atom. The molecular formula is C14H16BrFN4O. The number of ether oxygens (including phenoxy) is 1. The fourth-order valence-corrected chi connectivity index (χ4v) is 1.87. The van der Waals surface area contributed by atoms with E-state index in [4.69, 9.17) is 4.74 Å². The highest BCUT2D eigenvalue weighted by atomic mass is 79.9. The van der Waals surface area contributed by atoms with Gasteiger partial charge in [0, 0.05) is 20.0 Å². The molecule has 1 aromatic heterocycles. The maximum atomic E-state index is 13.2. The highest BCUT2D eigenvalue weighted by molar-refractivity contribution is 9.10. The third-order valence-corrected chi connectivity index (χ3v) is 3.24. The second-order valence-electron chi connectivity index (χ2n) is 5.00. The molecule has 7 heteroatoms. The molecule has 0 amide bonds. The summed E-state index contributed by atoms with van der Waals surface area (Å²) >= 11 is 3.12. The number of anilines is 1. The molecule has 0 aliphatic heterocycles. The second kappa shape index (κ2) is 6.34. The molecule has 0 aliphatic rings. The van der Waals surface area contributed by atoms with Crippen molar-refractivity contribution in [2.24, 2.45) is 0 Å². The SMILES string of the molecule is CC(C)c1nc(Oc2ccc(F)c(Br)c2)nc(N(C)C)n1. The fourth-order valence-electron chi connectivity index (χ4n) is 1.51. The molecule has 2 rings (SSSR count). The van der Waals surface area contributed by atoms with Gasteiger partial charge in [-0.15, -0.1) is 0 Å². The molecule has 0 bridgehead atoms. The molecule has 2 aromatic rings. The topological polar surface area (TPSA) is 51.1 Å². The smallest absolute Gasteiger partial charge is 0.327 e. The molecule has 0 aliphatic carbocycles. The molecule has 0 saturated carbocycles. The van der Waals surface area contributed by atoms with Crippen molar-refractivity contribution in [3.05, 3.63) is 34.3 Å². The van der Waals surface area contributed by atoms with Crippen LogP contribution in [0.15, 0.2) is 22.7 Å². The zero-order valence-corrected chi connectivity index (χ0v) is 13.8. The number of hydrogen-bond donors (Lipinski definition) is 0. The molecule has 0 N–H and O–H groups in total. The van der Waals surface area contributed by atoms with Crippen LogP contribution in [-0.4, -0.2) is 29.0 Å². The molecule has 0 fully saturated rings. The molecular weight excluding hydrogens is 339 g/mol. The van der Waals surface area contributed by atoms with Gasteiger partial charge in [-0.2, -0.15) is 15.0 Å². The first-order valence-corrected chi connectivity index (χ1v) is 7.22. The minimum Gasteiger partial charge on any atom is -0.424 e. The molecule has 1 aromatic carbocycles. The zero-order valence-electron chi connectivity index (χ0n) is 12.3. The van der Waals surface area contributed by atoms with E-state index in [-0.39, 0.29) is 17.7 Å². The van der Waals surface area contributed by atoms with Crippen LogP contribution in [0, 0.1) is 5.82 Å². The van der Waals surface area contributed by atoms with Crippen molar-refractivity contribution in [3.8, 4) is 11.8 Å². The molecule has 0 atom stereocenters. The molecule has 0 unspecified atom stereocenters. The maximum absolute atomic E-state index is 13.2. The second-order valence-corrected chi connectivity index (χ2v) is 5.86. The van der Waals surface area contributed by atoms with Gasteiger partial charge in [0.2, 0.25) is 5.95 Å². The summed E-state index contributed by atoms with van der Waals surface area (Å²) in [4.78, 5) is 14.7. The average Bonchev–Trinajstić information content (AvgIpc) is 2.42. The Bertz CT molecular complexity index is 623. The van der Waals surface area contributed by atoms with E-state index in [0.29, 0.717) is 22.0 Å². The number of aromatic nitrogens is 3. The summed E-state index contributed by atoms with van der Waals surface area (Å²) in [5.74, 6) is 1.41. The van der Waals surface area contributed by atoms with E-state index in [1.807, 2.05) is 27.9 Å². The minimum absolute atomic E-state index is 0.147. The molecule has 21 heavy (non-hydrogen) atoms. The Kier molecular flexibility index (Phi) is 4.72. The third kappa shape index (κ3) is 3.87. The first-order valence-electron chi connectivity index (χ1n) is 6.43. The van der Waals surface area contributed by atoms with Crippen LogP contribution in [0.4, 0.5) is 10.3 Å². The summed E-state index contributed by atoms with van der Waals surface area (Å²) in [7, 11) is 3.69. The lowest BCUT2D eigenvalue weighted by molar-refractivity contribution is 0.432. The molecule has 0 saturated heterocycles. The van der Waals surface area contributed by atoms with Crippen LogP contribution in [0.25, 0.3) is 0 Å². The zero-order chi connectivity index (χ0) is 15.6. The Labute approximate surface area is 131 Å². The van der Waals surface area contributed by atoms with E-state index in [2.05, 4.69) is 30.9 Å². The quantitative estimate of drug-likeness (QED) is 0.836. The predicted octanol–water partition coefficient (Wildman–Crippen LogP) is 3.75. The van der Waals surface area contributed by atoms with Crippen molar-refractivity contribution in [1.29, 1.82) is 0 Å². The Hall–Kier alpha value is -1.76. The Morgan fingerprint density at radius 1 is 1.19 bits per heavy atom. The van der Waals surface area contributed by atoms with Gasteiger partial charge in [-0.25, -0.2) is 4.39 Å². The lowest BCUT2D eigenvalue weighted by Crippen LogP contribution is -2.15. The van der Waals surface area contributed by atoms with E-state index in [1.54, 1.807) is 4.90 Å². The van der Waals surface area contributed by atoms with Crippen LogP contribution in [0.3, 0.4) is 0 Å². The van der Waals surface area contributed by atoms with Gasteiger partial charge in [0.05, 0.1) is 4.47 Å². The fraction of sp³-hybridized carbons (Fsp3) is 0.357. The van der Waals surface area contributed by atoms with Crippen molar-refractivity contribution < 1.29 is 9.13 Å². The van der Waals surface area contributed by atoms with Crippen LogP contribution < -0.4 is 9.64 Å². The summed E-state index contributed by atoms with van der Waals surface area (Å²) in [5, 5.41) is 0. The van der Waals surface area contributed by atoms with Crippen LogP contribution in [0.1, 0.15) is 25.6 Å². The lowest BCUT2D eigenvalue weighted by Gasteiger charge is -2.14. The van der Waals surface area contributed by atoms with E-state index in [0.717, 1.165) is 0 Å². The standard InChI is InChI=1S/C14H16BrFN4O/c1-8(2)12-17-13(20(3)4)19-14(18-12)21-9-5-6-11(16)10(15)7-9/h5-8H,1-4H3. The van der Waals surface area contributed by atoms with Crippen LogP contribution in [-0.2, 0) is 0 Å². The van der Waals surface area contributed by atoms with Crippen molar-refractivity contribution in [1.82, 2.24) is 15.0 Å². The van der Waals surface area contributed by atoms with Crippen LogP contribution >= 0.6 is 15.9 Å². The van der Waals surface area contributed by atoms with Gasteiger partial charge >= 0.3 is 6.01 Å². The van der Waals surface area contributed by atoms with Crippen molar-refractivity contribution in [2.75, 3.05) is 19.0 Å². The summed E-state index contributed by atoms with van der Waals surface area (Å²) < 4.78 is 19.2. The largest absolute Gasteiger partial charge is 0.424 e. The maximum Gasteiger partial charge on any atom is 0.327 e. The third-order valence-electron chi connectivity index (χ3n) is 2.64. The number of benzene rings is 1. The van der Waals surface area contributed by atoms with Crippen LogP contribution in [0.5, 0.6) is 11.8 Å². The number of rotatable bonds is 4. The average molecular weight is 355 g/mol. The Balaban J connectivity index is 2.36. The van der Waals surface area contributed by atoms with Gasteiger partial charge in [-0.3, -0.25) is 0 Å². The first-order chi connectivity index (χ1) is 9.86. The van der Waals surface area contributed by atoms with Gasteiger partial charge in [-0.1, -0.05) is 13.8 Å². The highest BCUT2D eigenvalue weighted by Gasteiger charge is 2.13. The molecule has 1 heterocycles. The summed E-state index contributed by atoms with van der Waals surface area (Å²) in [6, 6.07) is 4.56. The normalized spacial score (nSPS) is 10.8. The van der Waals surface area contributed by atoms with Gasteiger partial charge < -0.3 is 9.64 Å². The van der Waals surface area contributed by atoms with Crippen molar-refractivity contribution >= 4 is 21.9 Å². The first kappa shape index (κ1) is 15.6. The Morgan fingerprint density at radius 2 is 1.90 bits per heavy atom. The van der Waals surface area contributed by atoms with Gasteiger partial charge in [0.1, 0.15) is 17.4 Å².